The molecule has 158 valence electrons. The van der Waals surface area contributed by atoms with Gasteiger partial charge in [0.05, 0.1) is 6.54 Å². The molecule has 0 bridgehead atoms. The van der Waals surface area contributed by atoms with E-state index in [-0.39, 0.29) is 41.8 Å². The number of hydrogen-bond acceptors (Lipinski definition) is 3. The zero-order valence-corrected chi connectivity index (χ0v) is 19.0. The highest BCUT2D eigenvalue weighted by molar-refractivity contribution is 14.0. The summed E-state index contributed by atoms with van der Waals surface area (Å²) < 4.78 is 19.1. The zero-order valence-electron chi connectivity index (χ0n) is 16.7. The molecule has 8 heteroatoms. The summed E-state index contributed by atoms with van der Waals surface area (Å²) in [6.07, 6.45) is 4.12. The van der Waals surface area contributed by atoms with Crippen LogP contribution in [0.4, 0.5) is 4.39 Å². The van der Waals surface area contributed by atoms with Crippen LogP contribution in [0.5, 0.6) is 5.75 Å². The maximum atomic E-state index is 13.3. The average Bonchev–Trinajstić information content (AvgIpc) is 3.45. The molecule has 0 aliphatic heterocycles. The number of amides is 1. The maximum absolute atomic E-state index is 13.3. The molecule has 6 nitrogen and oxygen atoms in total. The van der Waals surface area contributed by atoms with Crippen molar-refractivity contribution in [2.75, 3.05) is 19.6 Å². The summed E-state index contributed by atoms with van der Waals surface area (Å²) in [5, 5.41) is 9.42. The van der Waals surface area contributed by atoms with Crippen molar-refractivity contribution in [2.24, 2.45) is 4.99 Å². The topological polar surface area (TPSA) is 74.8 Å². The van der Waals surface area contributed by atoms with E-state index in [4.69, 9.17) is 4.74 Å². The van der Waals surface area contributed by atoms with Crippen LogP contribution in [0, 0.1) is 5.82 Å². The Morgan fingerprint density at radius 3 is 2.75 bits per heavy atom. The van der Waals surface area contributed by atoms with Crippen LogP contribution >= 0.6 is 24.0 Å². The zero-order chi connectivity index (χ0) is 19.5. The first-order valence-electron chi connectivity index (χ1n) is 9.84. The SMILES string of the molecule is CCNC(=NCC(CC)Oc1cccc(F)c1)NCCCC(=O)NC1CC1.I. The second kappa shape index (κ2) is 13.6. The summed E-state index contributed by atoms with van der Waals surface area (Å²) in [5.41, 5.74) is 0. The molecule has 28 heavy (non-hydrogen) atoms. The number of nitrogens with one attached hydrogen (secondary N) is 3. The van der Waals surface area contributed by atoms with E-state index in [2.05, 4.69) is 20.9 Å². The fourth-order valence-electron chi connectivity index (χ4n) is 2.50. The molecule has 1 atom stereocenters. The normalized spacial score (nSPS) is 14.6. The Labute approximate surface area is 184 Å². The molecule has 0 radical (unpaired) electrons. The Kier molecular flexibility index (Phi) is 11.9. The third-order valence-corrected chi connectivity index (χ3v) is 4.17. The van der Waals surface area contributed by atoms with Crippen molar-refractivity contribution in [3.05, 3.63) is 30.1 Å². The van der Waals surface area contributed by atoms with Gasteiger partial charge in [-0.25, -0.2) is 9.38 Å². The van der Waals surface area contributed by atoms with E-state index >= 15 is 0 Å². The summed E-state index contributed by atoms with van der Waals surface area (Å²) in [5.74, 6) is 1.01. The summed E-state index contributed by atoms with van der Waals surface area (Å²) in [7, 11) is 0. The fourth-order valence-corrected chi connectivity index (χ4v) is 2.50. The van der Waals surface area contributed by atoms with Crippen molar-refractivity contribution in [3.8, 4) is 5.75 Å². The maximum Gasteiger partial charge on any atom is 0.220 e. The highest BCUT2D eigenvalue weighted by atomic mass is 127. The largest absolute Gasteiger partial charge is 0.488 e. The first-order chi connectivity index (χ1) is 13.1. The van der Waals surface area contributed by atoms with Gasteiger partial charge in [0, 0.05) is 31.6 Å². The number of nitrogens with zero attached hydrogens (tertiary/aromatic N) is 1. The van der Waals surface area contributed by atoms with Crippen molar-refractivity contribution in [2.45, 2.75) is 58.1 Å². The van der Waals surface area contributed by atoms with Crippen LogP contribution in [0.1, 0.15) is 46.0 Å². The monoisotopic (exact) mass is 506 g/mol. The van der Waals surface area contributed by atoms with E-state index in [1.807, 2.05) is 13.8 Å². The van der Waals surface area contributed by atoms with Gasteiger partial charge in [0.1, 0.15) is 17.7 Å². The Balaban J connectivity index is 0.00000392. The number of rotatable bonds is 11. The minimum atomic E-state index is -0.313. The molecule has 1 aromatic carbocycles. The van der Waals surface area contributed by atoms with E-state index in [1.165, 1.54) is 12.1 Å². The van der Waals surface area contributed by atoms with E-state index < -0.39 is 0 Å². The lowest BCUT2D eigenvalue weighted by molar-refractivity contribution is -0.121. The van der Waals surface area contributed by atoms with Gasteiger partial charge in [0.25, 0.3) is 0 Å². The Hall–Kier alpha value is -1.58. The fraction of sp³-hybridized carbons (Fsp3) is 0.600. The molecular weight excluding hydrogens is 474 g/mol. The van der Waals surface area contributed by atoms with E-state index in [1.54, 1.807) is 12.1 Å². The van der Waals surface area contributed by atoms with E-state index in [0.717, 1.165) is 32.2 Å². The predicted octanol–water partition coefficient (Wildman–Crippen LogP) is 3.22. The molecule has 1 aliphatic rings. The molecule has 1 saturated carbocycles. The average molecular weight is 506 g/mol. The number of guanidine groups is 1. The van der Waals surface area contributed by atoms with Crippen molar-refractivity contribution in [1.82, 2.24) is 16.0 Å². The third-order valence-electron chi connectivity index (χ3n) is 4.17. The minimum absolute atomic E-state index is 0. The number of hydrogen-bond donors (Lipinski definition) is 3. The van der Waals surface area contributed by atoms with Gasteiger partial charge in [-0.05, 0) is 44.7 Å². The van der Waals surface area contributed by atoms with Gasteiger partial charge >= 0.3 is 0 Å². The number of halogens is 2. The van der Waals surface area contributed by atoms with Gasteiger partial charge in [-0.15, -0.1) is 24.0 Å². The second-order valence-corrected chi connectivity index (χ2v) is 6.70. The molecule has 1 unspecified atom stereocenters. The van der Waals surface area contributed by atoms with Gasteiger partial charge in [-0.1, -0.05) is 13.0 Å². The van der Waals surface area contributed by atoms with Crippen LogP contribution in [-0.2, 0) is 4.79 Å². The number of carbonyl (C=O) groups is 1. The van der Waals surface area contributed by atoms with Crippen LogP contribution in [0.25, 0.3) is 0 Å². The molecule has 1 aliphatic carbocycles. The molecule has 1 amide bonds. The van der Waals surface area contributed by atoms with Gasteiger partial charge in [0.2, 0.25) is 5.91 Å². The molecule has 2 rings (SSSR count). The van der Waals surface area contributed by atoms with Gasteiger partial charge in [0.15, 0.2) is 5.96 Å². The van der Waals surface area contributed by atoms with Gasteiger partial charge < -0.3 is 20.7 Å². The number of benzene rings is 1. The predicted molar refractivity (Wildman–Crippen MR) is 121 cm³/mol. The van der Waals surface area contributed by atoms with Crippen LogP contribution < -0.4 is 20.7 Å². The molecule has 0 spiro atoms. The minimum Gasteiger partial charge on any atom is -0.488 e. The van der Waals surface area contributed by atoms with E-state index in [9.17, 15) is 9.18 Å². The molecule has 0 saturated heterocycles. The Bertz CT molecular complexity index is 626. The summed E-state index contributed by atoms with van der Waals surface area (Å²) in [6.45, 7) is 5.89. The first-order valence-corrected chi connectivity index (χ1v) is 9.84. The second-order valence-electron chi connectivity index (χ2n) is 6.70. The van der Waals surface area contributed by atoms with Crippen molar-refractivity contribution >= 4 is 35.8 Å². The molecule has 0 aromatic heterocycles. The van der Waals surface area contributed by atoms with Crippen LogP contribution in [0.3, 0.4) is 0 Å². The molecular formula is C20H32FIN4O2. The molecule has 1 fully saturated rings. The Morgan fingerprint density at radius 1 is 1.32 bits per heavy atom. The molecule has 0 heterocycles. The van der Waals surface area contributed by atoms with E-state index in [0.29, 0.717) is 37.3 Å². The quantitative estimate of drug-likeness (QED) is 0.187. The molecule has 3 N–H and O–H groups in total. The van der Waals surface area contributed by atoms with Crippen molar-refractivity contribution < 1.29 is 13.9 Å². The van der Waals surface area contributed by atoms with Crippen LogP contribution in [-0.4, -0.2) is 43.6 Å². The lowest BCUT2D eigenvalue weighted by atomic mass is 10.2. The van der Waals surface area contributed by atoms with Crippen LogP contribution in [0.2, 0.25) is 0 Å². The first kappa shape index (κ1) is 24.5. The van der Waals surface area contributed by atoms with Crippen molar-refractivity contribution in [1.29, 1.82) is 0 Å². The molecule has 1 aromatic rings. The van der Waals surface area contributed by atoms with Gasteiger partial charge in [-0.3, -0.25) is 4.79 Å². The third kappa shape index (κ3) is 10.1. The summed E-state index contributed by atoms with van der Waals surface area (Å²) in [6, 6.07) is 6.55. The smallest absolute Gasteiger partial charge is 0.220 e. The number of carbonyl (C=O) groups excluding carboxylic acids is 1. The highest BCUT2D eigenvalue weighted by Crippen LogP contribution is 2.18. The van der Waals surface area contributed by atoms with Crippen molar-refractivity contribution in [3.63, 3.8) is 0 Å². The number of ether oxygens (including phenoxy) is 1. The lowest BCUT2D eigenvalue weighted by Crippen LogP contribution is -2.39. The highest BCUT2D eigenvalue weighted by Gasteiger charge is 2.22. The summed E-state index contributed by atoms with van der Waals surface area (Å²) >= 11 is 0. The Morgan fingerprint density at radius 2 is 2.11 bits per heavy atom. The lowest BCUT2D eigenvalue weighted by Gasteiger charge is -2.17. The summed E-state index contributed by atoms with van der Waals surface area (Å²) in [4.78, 5) is 16.2. The van der Waals surface area contributed by atoms with Gasteiger partial charge in [-0.2, -0.15) is 0 Å². The standard InChI is InChI=1S/C20H31FN4O2.HI/c1-3-17(27-18-8-5-7-15(21)13-18)14-24-20(22-4-2)23-12-6-9-19(26)25-16-10-11-16;/h5,7-8,13,16-17H,3-4,6,9-12,14H2,1-2H3,(H,25,26)(H2,22,23,24);1H. The van der Waals surface area contributed by atoms with Crippen LogP contribution in [0.15, 0.2) is 29.3 Å². The number of aliphatic imine (C=N–C) groups is 1.